The van der Waals surface area contributed by atoms with Gasteiger partial charge in [-0.05, 0) is 95.8 Å². The maximum Gasteiger partial charge on any atom is 0.245 e. The van der Waals surface area contributed by atoms with Gasteiger partial charge in [0.25, 0.3) is 0 Å². The van der Waals surface area contributed by atoms with E-state index < -0.39 is 151 Å². The molecule has 12 atom stereocenters. The molecule has 78 heavy (non-hydrogen) atoms. The molecule has 1 aromatic rings. The van der Waals surface area contributed by atoms with Crippen LogP contribution in [0.25, 0.3) is 0 Å². The molecule has 0 radical (unpaired) electrons. The molecule has 2 aliphatic rings. The fourth-order valence-corrected chi connectivity index (χ4v) is 9.12. The van der Waals surface area contributed by atoms with Crippen molar-refractivity contribution in [3.05, 3.63) is 35.9 Å². The van der Waals surface area contributed by atoms with E-state index >= 15 is 0 Å². The number of rotatable bonds is 21. The lowest BCUT2D eigenvalue weighted by Crippen LogP contribution is -2.61. The van der Waals surface area contributed by atoms with E-state index in [9.17, 15) is 63.3 Å². The third-order valence-electron chi connectivity index (χ3n) is 13.5. The lowest BCUT2D eigenvalue weighted by Gasteiger charge is -2.29. The first-order valence-electron chi connectivity index (χ1n) is 26.9. The predicted molar refractivity (Wildman–Crippen MR) is 285 cm³/mol. The van der Waals surface area contributed by atoms with Crippen LogP contribution in [-0.4, -0.2) is 180 Å². The van der Waals surface area contributed by atoms with Crippen LogP contribution < -0.4 is 76.1 Å². The van der Waals surface area contributed by atoms with E-state index in [-0.39, 0.29) is 70.0 Å². The number of carbonyl (C=O) groups excluding carboxylic acids is 10. The maximum atomic E-state index is 14.4. The van der Waals surface area contributed by atoms with Crippen molar-refractivity contribution in [1.29, 1.82) is 0 Å². The molecule has 27 heteroatoms. The summed E-state index contributed by atoms with van der Waals surface area (Å²) >= 11 is 0. The Bertz CT molecular complexity index is 2150. The van der Waals surface area contributed by atoms with Gasteiger partial charge in [-0.3, -0.25) is 47.9 Å². The summed E-state index contributed by atoms with van der Waals surface area (Å²) in [6.07, 6.45) is 0.437. The Morgan fingerprint density at radius 3 is 1.64 bits per heavy atom. The van der Waals surface area contributed by atoms with Crippen LogP contribution in [0.3, 0.4) is 0 Å². The van der Waals surface area contributed by atoms with Crippen molar-refractivity contribution < 1.29 is 63.3 Å². The predicted octanol–water partition coefficient (Wildman–Crippen LogP) is -5.74. The van der Waals surface area contributed by atoms with E-state index in [1.807, 2.05) is 0 Å². The van der Waals surface area contributed by atoms with Crippen molar-refractivity contribution >= 4 is 59.1 Å². The van der Waals surface area contributed by atoms with Crippen molar-refractivity contribution in [3.8, 4) is 0 Å². The van der Waals surface area contributed by atoms with Crippen LogP contribution in [0, 0.1) is 11.8 Å². The number of hydrogen-bond donors (Lipinski definition) is 17. The molecule has 21 N–H and O–H groups in total. The number of nitrogens with two attached hydrogens (primary N) is 4. The Labute approximate surface area is 455 Å². The lowest BCUT2D eigenvalue weighted by atomic mass is 9.83. The second-order valence-corrected chi connectivity index (χ2v) is 20.5. The zero-order chi connectivity index (χ0) is 58.1. The Morgan fingerprint density at radius 1 is 0.628 bits per heavy atom. The number of amides is 10. The normalized spacial score (nSPS) is 25.0. The van der Waals surface area contributed by atoms with Gasteiger partial charge in [0.15, 0.2) is 0 Å². The highest BCUT2D eigenvalue weighted by molar-refractivity contribution is 5.99. The second-order valence-electron chi connectivity index (χ2n) is 20.5. The molecule has 2 unspecified atom stereocenters. The maximum absolute atomic E-state index is 14.4. The molecule has 438 valence electrons. The highest BCUT2D eigenvalue weighted by Gasteiger charge is 2.37. The van der Waals surface area contributed by atoms with Gasteiger partial charge in [0.1, 0.15) is 54.4 Å². The molecule has 27 nitrogen and oxygen atoms in total. The van der Waals surface area contributed by atoms with Gasteiger partial charge in [-0.25, -0.2) is 0 Å². The molecule has 0 aromatic heterocycles. The van der Waals surface area contributed by atoms with E-state index in [4.69, 9.17) is 22.9 Å². The number of aliphatic hydroxyl groups excluding tert-OH is 3. The smallest absolute Gasteiger partial charge is 0.245 e. The average molecular weight is 1100 g/mol. The van der Waals surface area contributed by atoms with E-state index in [2.05, 4.69) is 53.2 Å². The second kappa shape index (κ2) is 33.8. The van der Waals surface area contributed by atoms with Gasteiger partial charge in [0.2, 0.25) is 59.1 Å². The molecule has 2 fully saturated rings. The van der Waals surface area contributed by atoms with Gasteiger partial charge in [0, 0.05) is 25.4 Å². The number of nitrogens with one attached hydrogen (secondary N) is 10. The summed E-state index contributed by atoms with van der Waals surface area (Å²) in [7, 11) is 0. The minimum Gasteiger partial charge on any atom is -0.394 e. The molecule has 1 aromatic carbocycles. The SMILES string of the molecule is CC(C)C[C@@H]1NC(=O)[C@@H](Cc2ccccc2)NC(=O)[C@H](CCN)NC(=O)[C@@H](NC(=O)[C@@H](CO)NC(=O)[C@@H](NC(=O)CC(N)C2CCCCC2)[C@@H](C)O)CCNC(=O)[C@H](C(C)O)NC(=O)[C@H](CCN)NC(=O)[C@H](CCN)NC1=O. The number of carbonyl (C=O) groups is 10. The van der Waals surface area contributed by atoms with E-state index in [1.54, 1.807) is 44.2 Å². The van der Waals surface area contributed by atoms with Crippen LogP contribution in [0.1, 0.15) is 104 Å². The molecule has 0 bridgehead atoms. The van der Waals surface area contributed by atoms with Crippen LogP contribution in [0.4, 0.5) is 0 Å². The lowest BCUT2D eigenvalue weighted by molar-refractivity contribution is -0.137. The first-order valence-corrected chi connectivity index (χ1v) is 26.9. The number of benzene rings is 1. The largest absolute Gasteiger partial charge is 0.394 e. The zero-order valence-corrected chi connectivity index (χ0v) is 45.2. The number of aliphatic hydroxyl groups is 3. The third-order valence-corrected chi connectivity index (χ3v) is 13.5. The molecule has 1 saturated heterocycles. The summed E-state index contributed by atoms with van der Waals surface area (Å²) in [5, 5.41) is 56.7. The molecule has 1 saturated carbocycles. The summed E-state index contributed by atoms with van der Waals surface area (Å²) < 4.78 is 0. The first-order chi connectivity index (χ1) is 37.0. The highest BCUT2D eigenvalue weighted by atomic mass is 16.3. The van der Waals surface area contributed by atoms with Gasteiger partial charge < -0.3 is 91.4 Å². The summed E-state index contributed by atoms with van der Waals surface area (Å²) in [6.45, 7) is 4.02. The van der Waals surface area contributed by atoms with Crippen LogP contribution in [-0.2, 0) is 54.4 Å². The van der Waals surface area contributed by atoms with E-state index in [0.717, 1.165) is 32.1 Å². The Kier molecular flexibility index (Phi) is 28.6. The number of hydrogen-bond acceptors (Lipinski definition) is 17. The first kappa shape index (κ1) is 65.9. The highest BCUT2D eigenvalue weighted by Crippen LogP contribution is 2.27. The third kappa shape index (κ3) is 21.8. The summed E-state index contributed by atoms with van der Waals surface area (Å²) in [4.78, 5) is 139. The van der Waals surface area contributed by atoms with Crippen LogP contribution in [0.5, 0.6) is 0 Å². The molecule has 1 heterocycles. The van der Waals surface area contributed by atoms with Crippen molar-refractivity contribution in [2.75, 3.05) is 32.8 Å². The minimum absolute atomic E-state index is 0.0501. The fourth-order valence-electron chi connectivity index (χ4n) is 9.12. The van der Waals surface area contributed by atoms with E-state index in [0.29, 0.717) is 5.56 Å². The molecular weight excluding hydrogens is 1020 g/mol. The molecular formula is C51H86N14O13. The van der Waals surface area contributed by atoms with Gasteiger partial charge in [-0.1, -0.05) is 63.4 Å². The Morgan fingerprint density at radius 2 is 1.13 bits per heavy atom. The molecule has 0 spiro atoms. The van der Waals surface area contributed by atoms with Crippen LogP contribution in [0.15, 0.2) is 30.3 Å². The van der Waals surface area contributed by atoms with Crippen molar-refractivity contribution in [2.45, 2.75) is 177 Å². The summed E-state index contributed by atoms with van der Waals surface area (Å²) in [6, 6.07) is -5.72. The Balaban J connectivity index is 2.06. The molecule has 3 rings (SSSR count). The molecule has 10 amide bonds. The Hall–Kier alpha value is -6.36. The van der Waals surface area contributed by atoms with Crippen molar-refractivity contribution in [3.63, 3.8) is 0 Å². The topological polar surface area (TPSA) is 456 Å². The monoisotopic (exact) mass is 1100 g/mol. The van der Waals surface area contributed by atoms with Crippen LogP contribution >= 0.6 is 0 Å². The minimum atomic E-state index is -1.81. The van der Waals surface area contributed by atoms with Gasteiger partial charge >= 0.3 is 0 Å². The average Bonchev–Trinajstić information content (AvgIpc) is 3.39. The molecule has 1 aliphatic heterocycles. The van der Waals surface area contributed by atoms with E-state index in [1.165, 1.54) is 13.8 Å². The van der Waals surface area contributed by atoms with Gasteiger partial charge in [-0.15, -0.1) is 0 Å². The van der Waals surface area contributed by atoms with Gasteiger partial charge in [0.05, 0.1) is 18.8 Å². The fraction of sp³-hybridized carbons (Fsp3) is 0.686. The van der Waals surface area contributed by atoms with Crippen LogP contribution in [0.2, 0.25) is 0 Å². The summed E-state index contributed by atoms with van der Waals surface area (Å²) in [5.74, 6) is -9.39. The standard InChI is InChI=1S/C51H86N14O13/c1-27(2)23-37-47(74)59-33(15-19-52)43(70)58-35(17-21-54)46(73)65-41(28(3)67)50(77)56-22-18-36(45(72)57-34(16-20-53)44(71)62-38(48(75)61-37)24-30-11-7-5-8-12-30)60-49(76)39(26-66)63-51(78)42(29(4)68)64-40(69)25-32(55)31-13-9-6-10-14-31/h5,7-8,11-12,27-29,31-39,41-42,66-68H,6,9-10,13-26,52-55H2,1-4H3,(H,56,77)(H,57,72)(H,58,70)(H,59,74)(H,60,76)(H,61,75)(H,62,71)(H,63,78)(H,64,69)(H,65,73)/t28?,29-,32?,33+,34+,35+,36+,37+,38-,39-,41+,42+/m1/s1. The van der Waals surface area contributed by atoms with Crippen molar-refractivity contribution in [2.24, 2.45) is 34.8 Å². The zero-order valence-electron chi connectivity index (χ0n) is 45.2. The molecule has 1 aliphatic carbocycles. The van der Waals surface area contributed by atoms with Crippen molar-refractivity contribution in [1.82, 2.24) is 53.2 Å². The van der Waals surface area contributed by atoms with Gasteiger partial charge in [-0.2, -0.15) is 0 Å². The quantitative estimate of drug-likeness (QED) is 0.0545. The summed E-state index contributed by atoms with van der Waals surface area (Å²) in [5.41, 5.74) is 24.5.